The topological polar surface area (TPSA) is 163 Å². The average Bonchev–Trinajstić information content (AvgIpc) is 3.72. The minimum absolute atomic E-state index is 0.0287. The van der Waals surface area contributed by atoms with E-state index in [0.717, 1.165) is 17.0 Å². The zero-order valence-corrected chi connectivity index (χ0v) is 30.1. The van der Waals surface area contributed by atoms with E-state index < -0.39 is 44.8 Å². The van der Waals surface area contributed by atoms with Crippen LogP contribution in [0.25, 0.3) is 10.6 Å². The molecule has 0 radical (unpaired) electrons. The van der Waals surface area contributed by atoms with Crippen molar-refractivity contribution < 1.29 is 54.7 Å². The quantitative estimate of drug-likeness (QED) is 0.274. The number of thiophene rings is 1. The molecule has 0 spiro atoms. The monoisotopic (exact) mass is 781 g/mol. The van der Waals surface area contributed by atoms with Crippen molar-refractivity contribution in [3.63, 3.8) is 0 Å². The predicted octanol–water partition coefficient (Wildman–Crippen LogP) is 4.80. The maximum absolute atomic E-state index is 15.0. The number of piperidine rings is 1. The Morgan fingerprint density at radius 1 is 1.12 bits per heavy atom. The molecule has 2 saturated heterocycles. The van der Waals surface area contributed by atoms with Gasteiger partial charge in [0, 0.05) is 63.7 Å². The number of rotatable bonds is 10. The van der Waals surface area contributed by atoms with Crippen LogP contribution in [0.4, 0.5) is 23.2 Å². The van der Waals surface area contributed by atoms with Crippen molar-refractivity contribution in [2.45, 2.75) is 62.7 Å². The number of halogens is 5. The van der Waals surface area contributed by atoms with Crippen molar-refractivity contribution >= 4 is 56.4 Å². The largest absolute Gasteiger partial charge is 0.493 e. The van der Waals surface area contributed by atoms with Crippen molar-refractivity contribution in [2.75, 3.05) is 44.7 Å². The number of carboxylic acid groups (broad SMARTS) is 1. The molecule has 3 aromatic rings. The number of amides is 2. The summed E-state index contributed by atoms with van der Waals surface area (Å²) in [6.45, 7) is 6.57. The Hall–Kier alpha value is -3.78. The second-order valence-electron chi connectivity index (χ2n) is 11.9. The van der Waals surface area contributed by atoms with Crippen LogP contribution in [0.15, 0.2) is 39.8 Å². The number of hydrogen-bond acceptors (Lipinski definition) is 10. The van der Waals surface area contributed by atoms with Crippen LogP contribution >= 0.6 is 22.9 Å². The number of piperazine rings is 1. The Labute approximate surface area is 300 Å². The van der Waals surface area contributed by atoms with Gasteiger partial charge in [0.15, 0.2) is 11.5 Å². The number of nitrogens with zero attached hydrogens (tertiary/aromatic N) is 4. The number of carbonyl (C=O) groups excluding carboxylic acids is 2. The average molecular weight is 782 g/mol. The van der Waals surface area contributed by atoms with E-state index in [9.17, 15) is 35.6 Å². The Balaban J connectivity index is 0.000000755. The lowest BCUT2D eigenvalue weighted by atomic mass is 10.1. The summed E-state index contributed by atoms with van der Waals surface area (Å²) in [5.41, 5.74) is 0.373. The summed E-state index contributed by atoms with van der Waals surface area (Å²) in [6, 6.07) is 6.07. The van der Waals surface area contributed by atoms with E-state index in [4.69, 9.17) is 30.8 Å². The normalized spacial score (nSPS) is 16.5. The molecule has 4 heterocycles. The molecule has 280 valence electrons. The first-order valence-corrected chi connectivity index (χ1v) is 18.3. The molecule has 0 saturated carbocycles. The number of sulfonamides is 1. The minimum Gasteiger partial charge on any atom is -0.493 e. The highest BCUT2D eigenvalue weighted by molar-refractivity contribution is 7.89. The van der Waals surface area contributed by atoms with Gasteiger partial charge < -0.3 is 24.2 Å². The van der Waals surface area contributed by atoms with Gasteiger partial charge in [0.2, 0.25) is 21.8 Å². The van der Waals surface area contributed by atoms with Crippen molar-refractivity contribution in [3.05, 3.63) is 46.2 Å². The molecule has 2 aliphatic rings. The molecule has 0 bridgehead atoms. The number of hydrogen-bond donors (Lipinski definition) is 2. The molecular formula is C31H36ClF4N5O8S2. The summed E-state index contributed by atoms with van der Waals surface area (Å²) in [4.78, 5) is 40.9. The van der Waals surface area contributed by atoms with Crippen molar-refractivity contribution in [1.29, 1.82) is 0 Å². The number of aromatic nitrogens is 1. The fraction of sp³-hybridized carbons (Fsp3) is 0.484. The highest BCUT2D eigenvalue weighted by Gasteiger charge is 2.38. The molecule has 20 heteroatoms. The van der Waals surface area contributed by atoms with Crippen LogP contribution in [-0.2, 0) is 30.8 Å². The molecule has 51 heavy (non-hydrogen) atoms. The number of alkyl halides is 3. The van der Waals surface area contributed by atoms with E-state index in [1.54, 1.807) is 23.1 Å². The van der Waals surface area contributed by atoms with Gasteiger partial charge in [-0.3, -0.25) is 14.5 Å². The van der Waals surface area contributed by atoms with Gasteiger partial charge >= 0.3 is 12.1 Å². The van der Waals surface area contributed by atoms with Gasteiger partial charge in [-0.05, 0) is 44.9 Å². The predicted molar refractivity (Wildman–Crippen MR) is 179 cm³/mol. The van der Waals surface area contributed by atoms with E-state index >= 15 is 0 Å². The summed E-state index contributed by atoms with van der Waals surface area (Å²) in [5, 5.41) is 11.2. The Morgan fingerprint density at radius 2 is 1.78 bits per heavy atom. The number of methoxy groups -OCH3 is 1. The lowest BCUT2D eigenvalue weighted by Gasteiger charge is -2.38. The highest BCUT2D eigenvalue weighted by Crippen LogP contribution is 2.38. The Kier molecular flexibility index (Phi) is 13.1. The first-order valence-electron chi connectivity index (χ1n) is 15.7. The summed E-state index contributed by atoms with van der Waals surface area (Å²) < 4.78 is 88.6. The molecule has 2 aromatic heterocycles. The van der Waals surface area contributed by atoms with Gasteiger partial charge in [-0.25, -0.2) is 17.6 Å². The molecule has 1 atom stereocenters. The molecule has 2 aliphatic heterocycles. The maximum Gasteiger partial charge on any atom is 0.490 e. The molecule has 5 rings (SSSR count). The van der Waals surface area contributed by atoms with Crippen LogP contribution < -0.4 is 14.4 Å². The first-order chi connectivity index (χ1) is 23.9. The standard InChI is InChI=1S/C29H35ClFN5O6S2.C2HF3O2/c1-18(2)34-10-12-35(13-11-34)29(38)21(16-20-17-23(42-32-20)24-7-8-26(30)43-24)33-44(39,40)25-15-19(31)14-22(28(25)41-3)36-9-5-4-6-27(36)37;3-2(4,5)1(6)7/h7-8,14-15,17-18,21,33H,4-6,9-13,16H2,1-3H3;(H,6,7). The molecule has 13 nitrogen and oxygen atoms in total. The molecule has 2 amide bonds. The van der Waals surface area contributed by atoms with E-state index in [1.165, 1.54) is 23.3 Å². The zero-order chi connectivity index (χ0) is 37.7. The summed E-state index contributed by atoms with van der Waals surface area (Å²) in [7, 11) is -3.30. The fourth-order valence-corrected chi connectivity index (χ4v) is 7.89. The van der Waals surface area contributed by atoms with Gasteiger partial charge in [-0.1, -0.05) is 16.8 Å². The third kappa shape index (κ3) is 10.2. The highest BCUT2D eigenvalue weighted by atomic mass is 35.5. The molecule has 1 unspecified atom stereocenters. The molecule has 0 aliphatic carbocycles. The van der Waals surface area contributed by atoms with Gasteiger partial charge in [0.1, 0.15) is 16.8 Å². The van der Waals surface area contributed by atoms with E-state index in [1.807, 2.05) is 0 Å². The lowest BCUT2D eigenvalue weighted by Crippen LogP contribution is -2.56. The van der Waals surface area contributed by atoms with E-state index in [0.29, 0.717) is 67.4 Å². The van der Waals surface area contributed by atoms with Gasteiger partial charge in [-0.2, -0.15) is 17.9 Å². The van der Waals surface area contributed by atoms with Crippen LogP contribution in [0, 0.1) is 5.82 Å². The third-order valence-electron chi connectivity index (χ3n) is 8.09. The minimum atomic E-state index is -5.08. The Bertz CT molecular complexity index is 1830. The number of carbonyl (C=O) groups is 3. The fourth-order valence-electron chi connectivity index (χ4n) is 5.51. The lowest BCUT2D eigenvalue weighted by molar-refractivity contribution is -0.192. The van der Waals surface area contributed by atoms with Crippen molar-refractivity contribution in [3.8, 4) is 16.4 Å². The number of carboxylic acids is 1. The zero-order valence-electron chi connectivity index (χ0n) is 27.7. The van der Waals surface area contributed by atoms with Gasteiger partial charge in [0.05, 0.1) is 27.7 Å². The van der Waals surface area contributed by atoms with Crippen molar-refractivity contribution in [2.24, 2.45) is 0 Å². The first kappa shape index (κ1) is 40.0. The second-order valence-corrected chi connectivity index (χ2v) is 15.3. The number of nitrogens with one attached hydrogen (secondary N) is 1. The smallest absolute Gasteiger partial charge is 0.490 e. The molecular weight excluding hydrogens is 746 g/mol. The van der Waals surface area contributed by atoms with Crippen LogP contribution in [0.1, 0.15) is 38.8 Å². The van der Waals surface area contributed by atoms with Crippen LogP contribution in [0.3, 0.4) is 0 Å². The SMILES string of the molecule is COc1c(N2CCCCC2=O)cc(F)cc1S(=O)(=O)NC(Cc1cc(-c2ccc(Cl)s2)on1)C(=O)N1CCN(C(C)C)CC1.O=C(O)C(F)(F)F. The van der Waals surface area contributed by atoms with E-state index in [-0.39, 0.29) is 30.2 Å². The summed E-state index contributed by atoms with van der Waals surface area (Å²) >= 11 is 7.35. The van der Waals surface area contributed by atoms with E-state index in [2.05, 4.69) is 28.6 Å². The molecule has 2 fully saturated rings. The number of aliphatic carboxylic acids is 1. The van der Waals surface area contributed by atoms with Crippen LogP contribution in [0.2, 0.25) is 4.34 Å². The van der Waals surface area contributed by atoms with Crippen LogP contribution in [0.5, 0.6) is 5.75 Å². The summed E-state index contributed by atoms with van der Waals surface area (Å²) in [5.74, 6) is -4.06. The van der Waals surface area contributed by atoms with Crippen LogP contribution in [-0.4, -0.2) is 104 Å². The summed E-state index contributed by atoms with van der Waals surface area (Å²) in [6.07, 6.45) is -3.57. The number of benzene rings is 1. The second kappa shape index (κ2) is 16.7. The van der Waals surface area contributed by atoms with Gasteiger partial charge in [-0.15, -0.1) is 11.3 Å². The Morgan fingerprint density at radius 3 is 2.33 bits per heavy atom. The number of anilines is 1. The third-order valence-corrected chi connectivity index (χ3v) is 10.8. The molecule has 2 N–H and O–H groups in total. The van der Waals surface area contributed by atoms with Gasteiger partial charge in [0.25, 0.3) is 0 Å². The molecule has 1 aromatic carbocycles. The number of ether oxygens (including phenoxy) is 1. The van der Waals surface area contributed by atoms with Crippen molar-refractivity contribution in [1.82, 2.24) is 19.7 Å². The maximum atomic E-state index is 15.0.